The normalized spacial score (nSPS) is 32.9. The molecule has 0 spiro atoms. The lowest BCUT2D eigenvalue weighted by Gasteiger charge is -2.41. The number of methoxy groups -OCH3 is 1. The summed E-state index contributed by atoms with van der Waals surface area (Å²) in [6.07, 6.45) is 10.6. The maximum absolute atomic E-state index is 16.8. The molecular formula is C37H68FIO5Si2. The average molecular weight is 795 g/mol. The number of carbonyl (C=O) groups excluding carboxylic acids is 1. The second-order valence-corrected chi connectivity index (χ2v) is 28.9. The largest absolute Gasteiger partial charge is 0.469 e. The van der Waals surface area contributed by atoms with Crippen molar-refractivity contribution in [1.29, 1.82) is 0 Å². The molecule has 0 bridgehead atoms. The first-order chi connectivity index (χ1) is 21.1. The van der Waals surface area contributed by atoms with Crippen LogP contribution in [0.15, 0.2) is 12.2 Å². The standard InChI is InChI=1S/C37H68FIO5Si2/c1-14-15-16-24(2)21-27(43-45(10,11)36(3,4)5)19-20-28-29(44-46(12,13)37(6,7)8)23-30-31(28)32(38)34(42-30)33(39)25-17-18-26(22-25)35(40)41-9/h19-20,24-34H,14-18,21-23H2,1-13H3/b20-19+/t24-,25-,26-,27+,28-,29+,30-,31+,32+,33?,34?/m0/s1. The lowest BCUT2D eigenvalue weighted by molar-refractivity contribution is -0.145. The number of halogens is 2. The van der Waals surface area contributed by atoms with Gasteiger partial charge in [0, 0.05) is 15.8 Å². The van der Waals surface area contributed by atoms with E-state index in [9.17, 15) is 4.79 Å². The highest BCUT2D eigenvalue weighted by Crippen LogP contribution is 2.52. The summed E-state index contributed by atoms with van der Waals surface area (Å²) < 4.78 is 42.7. The third kappa shape index (κ3) is 9.70. The lowest BCUT2D eigenvalue weighted by atomic mass is 9.85. The van der Waals surface area contributed by atoms with E-state index in [0.29, 0.717) is 5.92 Å². The molecule has 0 radical (unpaired) electrons. The van der Waals surface area contributed by atoms with E-state index in [0.717, 1.165) is 32.1 Å². The van der Waals surface area contributed by atoms with Crippen molar-refractivity contribution in [1.82, 2.24) is 0 Å². The summed E-state index contributed by atoms with van der Waals surface area (Å²) in [4.78, 5) is 12.2. The molecule has 11 atom stereocenters. The van der Waals surface area contributed by atoms with Gasteiger partial charge in [-0.25, -0.2) is 4.39 Å². The predicted octanol–water partition coefficient (Wildman–Crippen LogP) is 10.7. The molecule has 3 rings (SSSR count). The first-order valence-corrected chi connectivity index (χ1v) is 25.2. The monoisotopic (exact) mass is 794 g/mol. The van der Waals surface area contributed by atoms with E-state index in [-0.39, 0.29) is 62.0 Å². The van der Waals surface area contributed by atoms with Crippen molar-refractivity contribution in [3.8, 4) is 0 Å². The molecule has 268 valence electrons. The van der Waals surface area contributed by atoms with Crippen LogP contribution < -0.4 is 0 Å². The molecular weight excluding hydrogens is 726 g/mol. The Morgan fingerprint density at radius 2 is 1.67 bits per heavy atom. The molecule has 0 aromatic carbocycles. The fourth-order valence-electron chi connectivity index (χ4n) is 7.28. The lowest BCUT2D eigenvalue weighted by Crippen LogP contribution is -2.46. The Labute approximate surface area is 297 Å². The van der Waals surface area contributed by atoms with Crippen molar-refractivity contribution in [2.24, 2.45) is 29.6 Å². The SMILES string of the molecule is CCCC[C@H](C)C[C@@H](/C=C/[C@@H]1[C@@H]2[C@H](C[C@H]1O[Si](C)(C)C(C)(C)C)OC(C(I)[C@H]1CC[C@H](C(=O)OC)C1)[C@@H]2F)O[Si](C)(C)C(C)(C)C. The summed E-state index contributed by atoms with van der Waals surface area (Å²) in [5.41, 5.74) is 0. The summed E-state index contributed by atoms with van der Waals surface area (Å²) >= 11 is 2.41. The van der Waals surface area contributed by atoms with Crippen LogP contribution in [-0.4, -0.2) is 64.2 Å². The van der Waals surface area contributed by atoms with Gasteiger partial charge in [0.25, 0.3) is 0 Å². The van der Waals surface area contributed by atoms with E-state index >= 15 is 4.39 Å². The molecule has 2 aliphatic carbocycles. The Morgan fingerprint density at radius 3 is 2.24 bits per heavy atom. The number of alkyl halides is 2. The van der Waals surface area contributed by atoms with E-state index in [1.165, 1.54) is 26.4 Å². The predicted molar refractivity (Wildman–Crippen MR) is 202 cm³/mol. The first kappa shape index (κ1) is 40.6. The minimum atomic E-state index is -2.11. The zero-order valence-electron chi connectivity index (χ0n) is 31.5. The van der Waals surface area contributed by atoms with Crippen molar-refractivity contribution in [3.05, 3.63) is 12.2 Å². The number of carbonyl (C=O) groups is 1. The molecule has 1 aliphatic heterocycles. The quantitative estimate of drug-likeness (QED) is 0.0576. The Bertz CT molecular complexity index is 1020. The molecule has 3 aliphatic rings. The minimum absolute atomic E-state index is 0.00238. The van der Waals surface area contributed by atoms with E-state index in [1.54, 1.807) is 0 Å². The number of unbranched alkanes of at least 4 members (excludes halogenated alkanes) is 1. The van der Waals surface area contributed by atoms with Gasteiger partial charge < -0.3 is 18.3 Å². The van der Waals surface area contributed by atoms with Crippen LogP contribution in [0.25, 0.3) is 0 Å². The summed E-state index contributed by atoms with van der Waals surface area (Å²) in [6, 6.07) is 0. The maximum atomic E-state index is 16.8. The van der Waals surface area contributed by atoms with Crippen molar-refractivity contribution >= 4 is 45.2 Å². The molecule has 5 nitrogen and oxygen atoms in total. The maximum Gasteiger partial charge on any atom is 0.308 e. The van der Waals surface area contributed by atoms with Crippen LogP contribution in [0.1, 0.15) is 107 Å². The van der Waals surface area contributed by atoms with Crippen LogP contribution in [0.5, 0.6) is 0 Å². The summed E-state index contributed by atoms with van der Waals surface area (Å²) in [7, 11) is -2.68. The van der Waals surface area contributed by atoms with Gasteiger partial charge in [0.15, 0.2) is 16.6 Å². The van der Waals surface area contributed by atoms with Gasteiger partial charge in [-0.2, -0.15) is 0 Å². The highest BCUT2D eigenvalue weighted by Gasteiger charge is 2.59. The number of hydrogen-bond donors (Lipinski definition) is 0. The Balaban J connectivity index is 1.90. The van der Waals surface area contributed by atoms with Crippen molar-refractivity contribution in [2.75, 3.05) is 7.11 Å². The molecule has 0 amide bonds. The topological polar surface area (TPSA) is 54.0 Å². The van der Waals surface area contributed by atoms with E-state index in [1.807, 2.05) is 0 Å². The van der Waals surface area contributed by atoms with Gasteiger partial charge in [-0.3, -0.25) is 4.79 Å². The summed E-state index contributed by atoms with van der Waals surface area (Å²) in [5.74, 6) is 0.293. The molecule has 1 saturated heterocycles. The highest BCUT2D eigenvalue weighted by atomic mass is 127. The van der Waals surface area contributed by atoms with Gasteiger partial charge >= 0.3 is 5.97 Å². The van der Waals surface area contributed by atoms with Crippen molar-refractivity contribution < 1.29 is 27.5 Å². The molecule has 0 N–H and O–H groups in total. The molecule has 3 fully saturated rings. The van der Waals surface area contributed by atoms with Gasteiger partial charge in [0.05, 0.1) is 31.3 Å². The third-order valence-corrected chi connectivity index (χ3v) is 23.0. The van der Waals surface area contributed by atoms with Gasteiger partial charge in [0.1, 0.15) is 12.3 Å². The van der Waals surface area contributed by atoms with Crippen LogP contribution in [-0.2, 0) is 23.1 Å². The zero-order chi connectivity index (χ0) is 34.8. The van der Waals surface area contributed by atoms with Crippen LogP contribution in [0.3, 0.4) is 0 Å². The molecule has 2 saturated carbocycles. The van der Waals surface area contributed by atoms with E-state index < -0.39 is 28.9 Å². The Hall–Kier alpha value is 0.184. The van der Waals surface area contributed by atoms with Gasteiger partial charge in [-0.1, -0.05) is 109 Å². The number of esters is 1. The minimum Gasteiger partial charge on any atom is -0.469 e. The van der Waals surface area contributed by atoms with Crippen LogP contribution in [0.2, 0.25) is 36.3 Å². The van der Waals surface area contributed by atoms with E-state index in [2.05, 4.69) is 116 Å². The second-order valence-electron chi connectivity index (χ2n) is 17.9. The van der Waals surface area contributed by atoms with Gasteiger partial charge in [-0.15, -0.1) is 0 Å². The Kier molecular flexibility index (Phi) is 14.2. The van der Waals surface area contributed by atoms with Gasteiger partial charge in [-0.05, 0) is 80.2 Å². The van der Waals surface area contributed by atoms with Gasteiger partial charge in [0.2, 0.25) is 0 Å². The summed E-state index contributed by atoms with van der Waals surface area (Å²) in [6.45, 7) is 27.6. The molecule has 0 aromatic rings. The fraction of sp³-hybridized carbons (Fsp3) is 0.919. The van der Waals surface area contributed by atoms with Crippen molar-refractivity contribution in [3.63, 3.8) is 0 Å². The zero-order valence-corrected chi connectivity index (χ0v) is 35.6. The van der Waals surface area contributed by atoms with Crippen LogP contribution in [0.4, 0.5) is 4.39 Å². The van der Waals surface area contributed by atoms with Crippen LogP contribution in [0, 0.1) is 29.6 Å². The molecule has 1 heterocycles. The molecule has 46 heavy (non-hydrogen) atoms. The van der Waals surface area contributed by atoms with Crippen LogP contribution >= 0.6 is 22.6 Å². The van der Waals surface area contributed by atoms with E-state index in [4.69, 9.17) is 18.3 Å². The molecule has 2 unspecified atom stereocenters. The highest BCUT2D eigenvalue weighted by molar-refractivity contribution is 14.1. The molecule has 0 aromatic heterocycles. The number of fused-ring (bicyclic) bond motifs is 1. The number of hydrogen-bond acceptors (Lipinski definition) is 5. The number of ether oxygens (including phenoxy) is 2. The Morgan fingerprint density at radius 1 is 1.04 bits per heavy atom. The van der Waals surface area contributed by atoms with Crippen molar-refractivity contribution in [2.45, 2.75) is 178 Å². The second kappa shape index (κ2) is 16.0. The number of rotatable bonds is 14. The fourth-order valence-corrected chi connectivity index (χ4v) is 11.1. The average Bonchev–Trinajstić information content (AvgIpc) is 3.63. The summed E-state index contributed by atoms with van der Waals surface area (Å²) in [5, 5.41) is 0.170. The first-order valence-electron chi connectivity index (χ1n) is 18.2. The third-order valence-electron chi connectivity index (χ3n) is 12.3. The smallest absolute Gasteiger partial charge is 0.308 e. The molecule has 9 heteroatoms.